The van der Waals surface area contributed by atoms with Gasteiger partial charge in [0.15, 0.2) is 5.96 Å². The average molecular weight is 443 g/mol. The van der Waals surface area contributed by atoms with Gasteiger partial charge in [-0.3, -0.25) is 4.21 Å². The maximum atomic E-state index is 12.0. The number of hydrogen-bond donors (Lipinski definition) is 2. The van der Waals surface area contributed by atoms with Crippen LogP contribution >= 0.6 is 35.3 Å². The average Bonchev–Trinajstić information content (AvgIpc) is 2.87. The Hall–Kier alpha value is -0.150. The molecular weight excluding hydrogens is 417 g/mol. The molecular formula is C14H26IN3OS2. The van der Waals surface area contributed by atoms with E-state index in [1.165, 1.54) is 5.56 Å². The van der Waals surface area contributed by atoms with Crippen molar-refractivity contribution in [2.24, 2.45) is 4.99 Å². The van der Waals surface area contributed by atoms with E-state index in [1.807, 2.05) is 27.7 Å². The summed E-state index contributed by atoms with van der Waals surface area (Å²) in [4.78, 5) is 4.52. The van der Waals surface area contributed by atoms with Gasteiger partial charge in [-0.2, -0.15) is 11.3 Å². The minimum Gasteiger partial charge on any atom is -0.357 e. The molecule has 7 heteroatoms. The number of nitrogens with zero attached hydrogens (tertiary/aromatic N) is 1. The summed E-state index contributed by atoms with van der Waals surface area (Å²) in [6, 6.07) is 2.08. The van der Waals surface area contributed by atoms with Crippen molar-refractivity contribution in [1.82, 2.24) is 10.6 Å². The van der Waals surface area contributed by atoms with Crippen molar-refractivity contribution in [3.05, 3.63) is 22.4 Å². The summed E-state index contributed by atoms with van der Waals surface area (Å²) in [5.41, 5.74) is 1.21. The maximum absolute atomic E-state index is 12.0. The quantitative estimate of drug-likeness (QED) is 0.404. The van der Waals surface area contributed by atoms with Crippen LogP contribution in [0.4, 0.5) is 0 Å². The summed E-state index contributed by atoms with van der Waals surface area (Å²) in [5, 5.41) is 10.6. The van der Waals surface area contributed by atoms with Crippen LogP contribution in [0, 0.1) is 0 Å². The molecule has 1 atom stereocenters. The lowest BCUT2D eigenvalue weighted by Gasteiger charge is -2.18. The monoisotopic (exact) mass is 443 g/mol. The Bertz CT molecular complexity index is 442. The number of nitrogens with one attached hydrogen (secondary N) is 2. The number of aliphatic imine (C=N–C) groups is 1. The summed E-state index contributed by atoms with van der Waals surface area (Å²) in [6.07, 6.45) is 0. The number of halogens is 1. The van der Waals surface area contributed by atoms with Crippen LogP contribution in [-0.2, 0) is 17.3 Å². The van der Waals surface area contributed by atoms with Crippen molar-refractivity contribution in [3.63, 3.8) is 0 Å². The van der Waals surface area contributed by atoms with Gasteiger partial charge < -0.3 is 10.6 Å². The highest BCUT2D eigenvalue weighted by Crippen LogP contribution is 2.10. The molecule has 0 aliphatic rings. The summed E-state index contributed by atoms with van der Waals surface area (Å²) < 4.78 is 11.8. The van der Waals surface area contributed by atoms with E-state index < -0.39 is 10.8 Å². The van der Waals surface area contributed by atoms with Gasteiger partial charge >= 0.3 is 0 Å². The number of thiophene rings is 1. The largest absolute Gasteiger partial charge is 0.357 e. The molecule has 1 rings (SSSR count). The topological polar surface area (TPSA) is 53.5 Å². The normalized spacial score (nSPS) is 13.4. The Kier molecular flexibility index (Phi) is 10.5. The molecule has 1 aromatic rings. The van der Waals surface area contributed by atoms with Crippen LogP contribution in [0.5, 0.6) is 0 Å². The molecule has 0 aromatic carbocycles. The van der Waals surface area contributed by atoms with E-state index in [1.54, 1.807) is 11.3 Å². The molecule has 0 amide bonds. The van der Waals surface area contributed by atoms with Gasteiger partial charge in [0.05, 0.1) is 6.54 Å². The first-order chi connectivity index (χ1) is 9.43. The van der Waals surface area contributed by atoms with Crippen molar-refractivity contribution in [3.8, 4) is 0 Å². The summed E-state index contributed by atoms with van der Waals surface area (Å²) in [6.45, 7) is 10.2. The van der Waals surface area contributed by atoms with Crippen molar-refractivity contribution >= 4 is 52.1 Å². The Balaban J connectivity index is 0.00000400. The molecule has 0 saturated heterocycles. The second-order valence-electron chi connectivity index (χ2n) is 5.42. The standard InChI is InChI=1S/C14H25N3OS2.HI/c1-5-15-13(17-10-12-6-8-19-11-12)16-7-9-20(18)14(2,3)4;/h6,8,11H,5,7,9-10H2,1-4H3,(H2,15,16,17);1H. The molecule has 0 aliphatic carbocycles. The first kappa shape index (κ1) is 20.9. The SMILES string of the molecule is CCNC(=NCc1ccsc1)NCCS(=O)C(C)(C)C.I. The molecule has 0 saturated carbocycles. The number of rotatable bonds is 6. The van der Waals surface area contributed by atoms with Gasteiger partial charge in [-0.1, -0.05) is 0 Å². The van der Waals surface area contributed by atoms with Crippen molar-refractivity contribution in [1.29, 1.82) is 0 Å². The molecule has 2 N–H and O–H groups in total. The molecule has 122 valence electrons. The highest BCUT2D eigenvalue weighted by Gasteiger charge is 2.18. The zero-order chi connectivity index (χ0) is 15.0. The van der Waals surface area contributed by atoms with Crippen molar-refractivity contribution in [2.45, 2.75) is 39.0 Å². The third-order valence-corrected chi connectivity index (χ3v) is 5.28. The lowest BCUT2D eigenvalue weighted by Crippen LogP contribution is -2.40. The first-order valence-corrected chi connectivity index (χ1v) is 9.11. The summed E-state index contributed by atoms with van der Waals surface area (Å²) >= 11 is 1.68. The minimum atomic E-state index is -0.835. The van der Waals surface area contributed by atoms with Gasteiger partial charge in [-0.25, -0.2) is 4.99 Å². The van der Waals surface area contributed by atoms with Crippen LogP contribution in [0.2, 0.25) is 0 Å². The highest BCUT2D eigenvalue weighted by atomic mass is 127. The minimum absolute atomic E-state index is 0. The van der Waals surface area contributed by atoms with Crippen molar-refractivity contribution < 1.29 is 4.21 Å². The molecule has 0 aliphatic heterocycles. The summed E-state index contributed by atoms with van der Waals surface area (Å²) in [5.74, 6) is 1.41. The predicted octanol–water partition coefficient (Wildman–Crippen LogP) is 2.97. The van der Waals surface area contributed by atoms with E-state index in [0.29, 0.717) is 18.8 Å². The van der Waals surface area contributed by atoms with Gasteiger partial charge in [0.25, 0.3) is 0 Å². The van der Waals surface area contributed by atoms with E-state index in [-0.39, 0.29) is 28.7 Å². The highest BCUT2D eigenvalue weighted by molar-refractivity contribution is 14.0. The fourth-order valence-electron chi connectivity index (χ4n) is 1.46. The fourth-order valence-corrected chi connectivity index (χ4v) is 3.02. The third-order valence-electron chi connectivity index (χ3n) is 2.61. The van der Waals surface area contributed by atoms with Gasteiger partial charge in [0, 0.05) is 34.4 Å². The van der Waals surface area contributed by atoms with Crippen molar-refractivity contribution in [2.75, 3.05) is 18.8 Å². The van der Waals surface area contributed by atoms with Gasteiger partial charge in [0.2, 0.25) is 0 Å². The molecule has 0 spiro atoms. The van der Waals surface area contributed by atoms with Gasteiger partial charge in [-0.15, -0.1) is 24.0 Å². The van der Waals surface area contributed by atoms with Crippen LogP contribution in [0.25, 0.3) is 0 Å². The van der Waals surface area contributed by atoms with Crippen LogP contribution in [-0.4, -0.2) is 33.8 Å². The van der Waals surface area contributed by atoms with Crippen LogP contribution in [0.3, 0.4) is 0 Å². The smallest absolute Gasteiger partial charge is 0.191 e. The molecule has 1 aromatic heterocycles. The van der Waals surface area contributed by atoms with Gasteiger partial charge in [0.1, 0.15) is 0 Å². The number of guanidine groups is 1. The lowest BCUT2D eigenvalue weighted by atomic mass is 10.3. The zero-order valence-electron chi connectivity index (χ0n) is 13.1. The van der Waals surface area contributed by atoms with E-state index in [0.717, 1.165) is 12.5 Å². The second-order valence-corrected chi connectivity index (χ2v) is 8.52. The molecule has 1 unspecified atom stereocenters. The van der Waals surface area contributed by atoms with Crippen LogP contribution in [0.1, 0.15) is 33.3 Å². The summed E-state index contributed by atoms with van der Waals surface area (Å²) in [7, 11) is -0.835. The molecule has 0 bridgehead atoms. The Morgan fingerprint density at radius 1 is 1.38 bits per heavy atom. The van der Waals surface area contributed by atoms with E-state index in [2.05, 4.69) is 32.5 Å². The first-order valence-electron chi connectivity index (χ1n) is 6.85. The third kappa shape index (κ3) is 8.77. The fraction of sp³-hybridized carbons (Fsp3) is 0.643. The maximum Gasteiger partial charge on any atom is 0.191 e. The van der Waals surface area contributed by atoms with Crippen LogP contribution in [0.15, 0.2) is 21.8 Å². The van der Waals surface area contributed by atoms with E-state index in [9.17, 15) is 4.21 Å². The number of hydrogen-bond acceptors (Lipinski definition) is 3. The van der Waals surface area contributed by atoms with E-state index in [4.69, 9.17) is 0 Å². The Labute approximate surface area is 151 Å². The Morgan fingerprint density at radius 2 is 2.10 bits per heavy atom. The molecule has 0 fully saturated rings. The molecule has 0 radical (unpaired) electrons. The predicted molar refractivity (Wildman–Crippen MR) is 105 cm³/mol. The second kappa shape index (κ2) is 10.6. The molecule has 21 heavy (non-hydrogen) atoms. The zero-order valence-corrected chi connectivity index (χ0v) is 17.1. The Morgan fingerprint density at radius 3 is 2.62 bits per heavy atom. The molecule has 1 heterocycles. The lowest BCUT2D eigenvalue weighted by molar-refractivity contribution is 0.647. The molecule has 4 nitrogen and oxygen atoms in total. The van der Waals surface area contributed by atoms with E-state index >= 15 is 0 Å². The van der Waals surface area contributed by atoms with Crippen LogP contribution < -0.4 is 10.6 Å². The van der Waals surface area contributed by atoms with Gasteiger partial charge in [-0.05, 0) is 50.1 Å².